The number of nitrogens with zero attached hydrogens (tertiary/aromatic N) is 1. The zero-order valence-corrected chi connectivity index (χ0v) is 12.7. The number of benzene rings is 1. The number of carbonyl (C=O) groups is 1. The Balaban J connectivity index is 3.15. The van der Waals surface area contributed by atoms with Crippen LogP contribution < -0.4 is 4.90 Å². The highest BCUT2D eigenvalue weighted by molar-refractivity contribution is 5.97. The summed E-state index contributed by atoms with van der Waals surface area (Å²) in [6.07, 6.45) is 2.35. The number of rotatable bonds is 6. The van der Waals surface area contributed by atoms with Gasteiger partial charge in [-0.05, 0) is 25.0 Å². The monoisotopic (exact) mass is 283 g/mol. The Hall–Kier alpha value is -1.45. The van der Waals surface area contributed by atoms with Crippen molar-refractivity contribution in [1.29, 1.82) is 0 Å². The Labute approximate surface area is 119 Å². The molecule has 1 aromatic carbocycles. The molecule has 1 amide bonds. The molecule has 20 heavy (non-hydrogen) atoms. The van der Waals surface area contributed by atoms with Crippen molar-refractivity contribution >= 4 is 11.6 Å². The van der Waals surface area contributed by atoms with Gasteiger partial charge >= 0.3 is 0 Å². The summed E-state index contributed by atoms with van der Waals surface area (Å²) in [6, 6.07) is 3.34. The molecule has 0 atom stereocenters. The average Bonchev–Trinajstić information content (AvgIpc) is 2.40. The lowest BCUT2D eigenvalue weighted by Crippen LogP contribution is -2.41. The van der Waals surface area contributed by atoms with Crippen molar-refractivity contribution in [2.75, 3.05) is 11.4 Å². The molecule has 4 heteroatoms. The molecule has 112 valence electrons. The van der Waals surface area contributed by atoms with Gasteiger partial charge in [-0.1, -0.05) is 34.1 Å². The smallest absolute Gasteiger partial charge is 0.232 e. The van der Waals surface area contributed by atoms with Crippen molar-refractivity contribution in [1.82, 2.24) is 0 Å². The predicted molar refractivity (Wildman–Crippen MR) is 77.7 cm³/mol. The highest BCUT2D eigenvalue weighted by atomic mass is 19.1. The van der Waals surface area contributed by atoms with Gasteiger partial charge in [0.2, 0.25) is 5.91 Å². The first-order chi connectivity index (χ1) is 9.33. The van der Waals surface area contributed by atoms with Crippen molar-refractivity contribution in [3.8, 4) is 0 Å². The van der Waals surface area contributed by atoms with Gasteiger partial charge in [0.15, 0.2) is 0 Å². The van der Waals surface area contributed by atoms with Crippen molar-refractivity contribution < 1.29 is 13.6 Å². The molecule has 0 aliphatic heterocycles. The summed E-state index contributed by atoms with van der Waals surface area (Å²) in [4.78, 5) is 14.1. The lowest BCUT2D eigenvalue weighted by atomic mass is 9.88. The normalized spacial score (nSPS) is 11.5. The molecule has 0 aliphatic rings. The number of carbonyl (C=O) groups excluding carboxylic acids is 1. The summed E-state index contributed by atoms with van der Waals surface area (Å²) in [6.45, 7) is 8.07. The Morgan fingerprint density at radius 2 is 1.90 bits per heavy atom. The molecule has 0 bridgehead atoms. The van der Waals surface area contributed by atoms with Gasteiger partial charge in [0.25, 0.3) is 0 Å². The maximum absolute atomic E-state index is 13.9. The van der Waals surface area contributed by atoms with Crippen LogP contribution in [0.2, 0.25) is 0 Å². The fraction of sp³-hybridized carbons (Fsp3) is 0.562. The minimum atomic E-state index is -0.693. The molecule has 0 saturated carbocycles. The minimum Gasteiger partial charge on any atom is -0.309 e. The van der Waals surface area contributed by atoms with Gasteiger partial charge < -0.3 is 4.90 Å². The van der Waals surface area contributed by atoms with Crippen LogP contribution in [0, 0.1) is 17.0 Å². The van der Waals surface area contributed by atoms with E-state index in [-0.39, 0.29) is 11.6 Å². The topological polar surface area (TPSA) is 20.3 Å². The molecule has 1 rings (SSSR count). The molecule has 0 radical (unpaired) electrons. The first-order valence-corrected chi connectivity index (χ1v) is 7.10. The number of hydrogen-bond acceptors (Lipinski definition) is 1. The standard InChI is InChI=1S/C16H23F2NO/c1-5-7-10-19(15(20)16(3,4)6-2)14-9-8-12(17)11-13(14)18/h8-9,11H,5-7,10H2,1-4H3. The molecule has 0 aliphatic carbocycles. The molecule has 0 N–H and O–H groups in total. The lowest BCUT2D eigenvalue weighted by molar-refractivity contribution is -0.126. The van der Waals surface area contributed by atoms with E-state index in [1.165, 1.54) is 17.0 Å². The quantitative estimate of drug-likeness (QED) is 0.751. The van der Waals surface area contributed by atoms with Gasteiger partial charge in [-0.15, -0.1) is 0 Å². The van der Waals surface area contributed by atoms with Crippen molar-refractivity contribution in [3.05, 3.63) is 29.8 Å². The number of anilines is 1. The molecular formula is C16H23F2NO. The van der Waals surface area contributed by atoms with E-state index in [4.69, 9.17) is 0 Å². The van der Waals surface area contributed by atoms with Crippen LogP contribution in [0.15, 0.2) is 18.2 Å². The Kier molecular flexibility index (Phi) is 5.66. The number of amides is 1. The Morgan fingerprint density at radius 3 is 2.40 bits per heavy atom. The minimum absolute atomic E-state index is 0.126. The van der Waals surface area contributed by atoms with Crippen molar-refractivity contribution in [2.45, 2.75) is 47.0 Å². The maximum atomic E-state index is 13.9. The van der Waals surface area contributed by atoms with E-state index < -0.39 is 17.0 Å². The van der Waals surface area contributed by atoms with E-state index in [2.05, 4.69) is 0 Å². The number of halogens is 2. The number of hydrogen-bond donors (Lipinski definition) is 0. The molecule has 0 fully saturated rings. The fourth-order valence-corrected chi connectivity index (χ4v) is 1.86. The summed E-state index contributed by atoms with van der Waals surface area (Å²) in [7, 11) is 0. The van der Waals surface area contributed by atoms with Crippen LogP contribution in [0.25, 0.3) is 0 Å². The lowest BCUT2D eigenvalue weighted by Gasteiger charge is -2.31. The Morgan fingerprint density at radius 1 is 1.25 bits per heavy atom. The van der Waals surface area contributed by atoms with E-state index in [1.54, 1.807) is 0 Å². The van der Waals surface area contributed by atoms with E-state index in [0.29, 0.717) is 13.0 Å². The summed E-state index contributed by atoms with van der Waals surface area (Å²) < 4.78 is 27.0. The molecule has 0 aromatic heterocycles. The summed E-state index contributed by atoms with van der Waals surface area (Å²) >= 11 is 0. The summed E-state index contributed by atoms with van der Waals surface area (Å²) in [5, 5.41) is 0. The van der Waals surface area contributed by atoms with E-state index in [0.717, 1.165) is 18.9 Å². The van der Waals surface area contributed by atoms with Gasteiger partial charge in [0.05, 0.1) is 5.69 Å². The van der Waals surface area contributed by atoms with Crippen molar-refractivity contribution in [2.24, 2.45) is 5.41 Å². The second-order valence-corrected chi connectivity index (χ2v) is 5.64. The zero-order valence-electron chi connectivity index (χ0n) is 12.7. The van der Waals surface area contributed by atoms with Gasteiger partial charge in [0.1, 0.15) is 11.6 Å². The van der Waals surface area contributed by atoms with E-state index >= 15 is 0 Å². The van der Waals surface area contributed by atoms with Crippen LogP contribution in [0.3, 0.4) is 0 Å². The average molecular weight is 283 g/mol. The third-order valence-electron chi connectivity index (χ3n) is 3.64. The molecule has 0 unspecified atom stereocenters. The second kappa shape index (κ2) is 6.82. The molecule has 1 aromatic rings. The highest BCUT2D eigenvalue weighted by Crippen LogP contribution is 2.29. The summed E-state index contributed by atoms with van der Waals surface area (Å²) in [5.74, 6) is -1.45. The van der Waals surface area contributed by atoms with Gasteiger partial charge in [-0.3, -0.25) is 4.79 Å². The van der Waals surface area contributed by atoms with Crippen LogP contribution in [-0.2, 0) is 4.79 Å². The van der Waals surface area contributed by atoms with Crippen LogP contribution >= 0.6 is 0 Å². The largest absolute Gasteiger partial charge is 0.309 e. The van der Waals surface area contributed by atoms with E-state index in [1.807, 2.05) is 27.7 Å². The van der Waals surface area contributed by atoms with Gasteiger partial charge in [-0.25, -0.2) is 8.78 Å². The summed E-state index contributed by atoms with van der Waals surface area (Å²) in [5.41, 5.74) is -0.402. The second-order valence-electron chi connectivity index (χ2n) is 5.64. The van der Waals surface area contributed by atoms with Crippen LogP contribution in [0.4, 0.5) is 14.5 Å². The third kappa shape index (κ3) is 3.78. The molecule has 0 spiro atoms. The van der Waals surface area contributed by atoms with Gasteiger partial charge in [-0.2, -0.15) is 0 Å². The van der Waals surface area contributed by atoms with Crippen LogP contribution in [0.1, 0.15) is 47.0 Å². The molecule has 2 nitrogen and oxygen atoms in total. The number of unbranched alkanes of at least 4 members (excludes halogenated alkanes) is 1. The highest BCUT2D eigenvalue weighted by Gasteiger charge is 2.32. The molecule has 0 heterocycles. The molecule has 0 saturated heterocycles. The first kappa shape index (κ1) is 16.6. The fourth-order valence-electron chi connectivity index (χ4n) is 1.86. The molecular weight excluding hydrogens is 260 g/mol. The SMILES string of the molecule is CCCCN(C(=O)C(C)(C)CC)c1ccc(F)cc1F. The zero-order chi connectivity index (χ0) is 15.3. The Bertz CT molecular complexity index is 472. The van der Waals surface area contributed by atoms with Gasteiger partial charge in [0, 0.05) is 18.0 Å². The van der Waals surface area contributed by atoms with Crippen LogP contribution in [0.5, 0.6) is 0 Å². The maximum Gasteiger partial charge on any atom is 0.232 e. The van der Waals surface area contributed by atoms with Crippen LogP contribution in [-0.4, -0.2) is 12.5 Å². The first-order valence-electron chi connectivity index (χ1n) is 7.10. The predicted octanol–water partition coefficient (Wildman–Crippen LogP) is 4.53. The van der Waals surface area contributed by atoms with Crippen molar-refractivity contribution in [3.63, 3.8) is 0 Å². The van der Waals surface area contributed by atoms with E-state index in [9.17, 15) is 13.6 Å². The third-order valence-corrected chi connectivity index (χ3v) is 3.64.